The molecule has 3 rings (SSSR count). The summed E-state index contributed by atoms with van der Waals surface area (Å²) >= 11 is 1.29. The highest BCUT2D eigenvalue weighted by atomic mass is 32.2. The lowest BCUT2D eigenvalue weighted by atomic mass is 9.95. The Bertz CT molecular complexity index is 1260. The minimum Gasteiger partial charge on any atom is -0.376 e. The zero-order chi connectivity index (χ0) is 25.3. The zero-order valence-corrected chi connectivity index (χ0v) is 21.0. The molecular weight excluding hydrogens is 489 g/mol. The van der Waals surface area contributed by atoms with E-state index in [4.69, 9.17) is 4.74 Å². The molecule has 2 aromatic rings. The highest BCUT2D eigenvalue weighted by molar-refractivity contribution is 7.93. The molecule has 1 amide bonds. The monoisotopic (exact) mass is 516 g/mol. The number of carbonyl (C=O) groups excluding carboxylic acids is 1. The fraction of sp³-hybridized carbons (Fsp3) is 0.478. The Hall–Kier alpha value is -2.24. The summed E-state index contributed by atoms with van der Waals surface area (Å²) in [7, 11) is -3.56. The van der Waals surface area contributed by atoms with E-state index in [1.165, 1.54) is 11.3 Å². The molecule has 0 spiro atoms. The number of amides is 1. The maximum atomic E-state index is 13.3. The van der Waals surface area contributed by atoms with E-state index >= 15 is 0 Å². The lowest BCUT2D eigenvalue weighted by Gasteiger charge is -2.15. The zero-order valence-electron chi connectivity index (χ0n) is 19.3. The highest BCUT2D eigenvalue weighted by Crippen LogP contribution is 2.31. The average molecular weight is 517 g/mol. The largest absolute Gasteiger partial charge is 0.416 e. The van der Waals surface area contributed by atoms with Crippen molar-refractivity contribution < 1.29 is 31.1 Å². The van der Waals surface area contributed by atoms with E-state index in [1.54, 1.807) is 4.57 Å². The normalized spacial score (nSPS) is 18.2. The van der Waals surface area contributed by atoms with Crippen LogP contribution in [0.5, 0.6) is 0 Å². The van der Waals surface area contributed by atoms with E-state index in [2.05, 4.69) is 4.99 Å². The summed E-state index contributed by atoms with van der Waals surface area (Å²) in [5.41, 5.74) is -1.54. The first-order chi connectivity index (χ1) is 15.6. The quantitative estimate of drug-likeness (QED) is 0.572. The van der Waals surface area contributed by atoms with Gasteiger partial charge in [-0.1, -0.05) is 26.8 Å². The molecule has 186 valence electrons. The van der Waals surface area contributed by atoms with Crippen molar-refractivity contribution in [3.05, 3.63) is 56.2 Å². The average Bonchev–Trinajstić information content (AvgIpc) is 3.35. The van der Waals surface area contributed by atoms with Crippen molar-refractivity contribution in [2.45, 2.75) is 57.9 Å². The number of aromatic nitrogens is 1. The number of hydrogen-bond donors (Lipinski definition) is 0. The third-order valence-electron chi connectivity index (χ3n) is 5.19. The van der Waals surface area contributed by atoms with Crippen molar-refractivity contribution in [3.8, 4) is 0 Å². The van der Waals surface area contributed by atoms with Crippen molar-refractivity contribution in [2.24, 2.45) is 4.99 Å². The third kappa shape index (κ3) is 6.89. The summed E-state index contributed by atoms with van der Waals surface area (Å²) in [6.07, 6.45) is 1.06. The van der Waals surface area contributed by atoms with E-state index in [-0.39, 0.29) is 22.6 Å². The van der Waals surface area contributed by atoms with Crippen LogP contribution in [0.15, 0.2) is 34.8 Å². The third-order valence-corrected chi connectivity index (χ3v) is 7.26. The molecule has 2 heterocycles. The number of thiazole rings is 1. The van der Waals surface area contributed by atoms with Crippen LogP contribution in [0.3, 0.4) is 0 Å². The standard InChI is InChI=1S/C23H27F3N2O4S2/c1-22(2,3)19-14-28(13-17-6-5-10-32-17)21(33-19)27-20(29)18-12-16(23(24,25)26)8-7-15(18)9-11-34(4,30)31/h7-9,11-12,14,17H,5-6,10,13H2,1-4H3/b11-9+,27-21?/t17-/m1/s1. The van der Waals surface area contributed by atoms with Gasteiger partial charge in [-0.05, 0) is 42.0 Å². The topological polar surface area (TPSA) is 77.7 Å². The molecule has 0 bridgehead atoms. The molecule has 1 fully saturated rings. The second-order valence-electron chi connectivity index (χ2n) is 9.26. The molecule has 0 radical (unpaired) electrons. The van der Waals surface area contributed by atoms with Gasteiger partial charge in [0.1, 0.15) is 0 Å². The van der Waals surface area contributed by atoms with Crippen LogP contribution in [0.4, 0.5) is 13.2 Å². The Kier molecular flexibility index (Phi) is 7.59. The lowest BCUT2D eigenvalue weighted by molar-refractivity contribution is -0.137. The van der Waals surface area contributed by atoms with Gasteiger partial charge in [-0.2, -0.15) is 18.2 Å². The van der Waals surface area contributed by atoms with Crippen molar-refractivity contribution >= 4 is 33.2 Å². The van der Waals surface area contributed by atoms with Crippen LogP contribution in [-0.4, -0.2) is 37.9 Å². The van der Waals surface area contributed by atoms with Crippen LogP contribution < -0.4 is 4.80 Å². The Morgan fingerprint density at radius 2 is 2.00 bits per heavy atom. The van der Waals surface area contributed by atoms with Crippen LogP contribution in [-0.2, 0) is 32.7 Å². The van der Waals surface area contributed by atoms with Gasteiger partial charge < -0.3 is 9.30 Å². The van der Waals surface area contributed by atoms with E-state index in [0.29, 0.717) is 24.0 Å². The van der Waals surface area contributed by atoms with Crippen molar-refractivity contribution in [3.63, 3.8) is 0 Å². The first kappa shape index (κ1) is 26.4. The molecular formula is C23H27F3N2O4S2. The second kappa shape index (κ2) is 9.79. The van der Waals surface area contributed by atoms with Gasteiger partial charge in [0.25, 0.3) is 5.91 Å². The Morgan fingerprint density at radius 1 is 1.29 bits per heavy atom. The summed E-state index contributed by atoms with van der Waals surface area (Å²) < 4.78 is 70.5. The van der Waals surface area contributed by atoms with Crippen LogP contribution >= 0.6 is 11.3 Å². The van der Waals surface area contributed by atoms with Crippen LogP contribution in [0.1, 0.15) is 60.0 Å². The summed E-state index contributed by atoms with van der Waals surface area (Å²) in [4.78, 5) is 18.6. The van der Waals surface area contributed by atoms with Gasteiger partial charge in [-0.15, -0.1) is 11.3 Å². The van der Waals surface area contributed by atoms with Gasteiger partial charge in [0.05, 0.1) is 18.2 Å². The SMILES string of the molecule is CC(C)(C)c1cn(C[C@H]2CCCO2)c(=NC(=O)c2cc(C(F)(F)F)ccc2/C=C/S(C)(=O)=O)s1. The number of halogens is 3. The van der Waals surface area contributed by atoms with Crippen molar-refractivity contribution in [2.75, 3.05) is 12.9 Å². The summed E-state index contributed by atoms with van der Waals surface area (Å²) in [5.74, 6) is -0.886. The lowest BCUT2D eigenvalue weighted by Crippen LogP contribution is -2.23. The molecule has 1 aliphatic heterocycles. The number of ether oxygens (including phenoxy) is 1. The molecule has 1 aliphatic rings. The molecule has 11 heteroatoms. The smallest absolute Gasteiger partial charge is 0.376 e. The van der Waals surface area contributed by atoms with E-state index in [9.17, 15) is 26.4 Å². The van der Waals surface area contributed by atoms with Crippen LogP contribution in [0.25, 0.3) is 6.08 Å². The first-order valence-corrected chi connectivity index (χ1v) is 13.4. The van der Waals surface area contributed by atoms with Crippen LogP contribution in [0, 0.1) is 0 Å². The fourth-order valence-corrected chi connectivity index (χ4v) is 4.81. The minimum atomic E-state index is -4.67. The molecule has 0 aliphatic carbocycles. The number of nitrogens with zero attached hydrogens (tertiary/aromatic N) is 2. The number of alkyl halides is 3. The van der Waals surface area contributed by atoms with Crippen molar-refractivity contribution in [1.29, 1.82) is 0 Å². The van der Waals surface area contributed by atoms with Crippen LogP contribution in [0.2, 0.25) is 0 Å². The molecule has 0 N–H and O–H groups in total. The molecule has 34 heavy (non-hydrogen) atoms. The van der Waals surface area contributed by atoms with Gasteiger partial charge in [0.2, 0.25) is 0 Å². The van der Waals surface area contributed by atoms with E-state index in [1.807, 2.05) is 27.0 Å². The maximum Gasteiger partial charge on any atom is 0.416 e. The number of rotatable bonds is 5. The van der Waals surface area contributed by atoms with E-state index in [0.717, 1.165) is 47.6 Å². The summed E-state index contributed by atoms with van der Waals surface area (Å²) in [6.45, 7) is 7.18. The molecule has 0 saturated carbocycles. The minimum absolute atomic E-state index is 0.0294. The Balaban J connectivity index is 2.12. The fourth-order valence-electron chi connectivity index (χ4n) is 3.36. The molecule has 1 aromatic carbocycles. The highest BCUT2D eigenvalue weighted by Gasteiger charge is 2.31. The Labute approximate surface area is 200 Å². The maximum absolute atomic E-state index is 13.3. The Morgan fingerprint density at radius 3 is 2.56 bits per heavy atom. The summed E-state index contributed by atoms with van der Waals surface area (Å²) in [5, 5.41) is 0.840. The number of sulfone groups is 1. The molecule has 0 unspecified atom stereocenters. The second-order valence-corrected chi connectivity index (χ2v) is 12.2. The van der Waals surface area contributed by atoms with Gasteiger partial charge in [-0.3, -0.25) is 4.79 Å². The molecule has 1 saturated heterocycles. The molecule has 1 atom stereocenters. The number of carbonyl (C=O) groups is 1. The van der Waals surface area contributed by atoms with Gasteiger partial charge in [-0.25, -0.2) is 8.42 Å². The number of hydrogen-bond acceptors (Lipinski definition) is 5. The van der Waals surface area contributed by atoms with Gasteiger partial charge in [0, 0.05) is 34.9 Å². The predicted octanol–water partition coefficient (Wildman–Crippen LogP) is 4.80. The first-order valence-electron chi connectivity index (χ1n) is 10.6. The summed E-state index contributed by atoms with van der Waals surface area (Å²) in [6, 6.07) is 2.58. The molecule has 6 nitrogen and oxygen atoms in total. The molecule has 1 aromatic heterocycles. The van der Waals surface area contributed by atoms with E-state index < -0.39 is 27.5 Å². The number of benzene rings is 1. The van der Waals surface area contributed by atoms with Crippen molar-refractivity contribution in [1.82, 2.24) is 4.57 Å². The van der Waals surface area contributed by atoms with Gasteiger partial charge in [0.15, 0.2) is 14.6 Å². The van der Waals surface area contributed by atoms with Gasteiger partial charge >= 0.3 is 6.18 Å². The predicted molar refractivity (Wildman–Crippen MR) is 125 cm³/mol.